The number of para-hydroxylation sites is 1. The first kappa shape index (κ1) is 12.7. The maximum Gasteiger partial charge on any atom is 0.247 e. The first-order chi connectivity index (χ1) is 8.03. The molecule has 94 valence electrons. The number of phenols is 1. The van der Waals surface area contributed by atoms with Crippen LogP contribution in [0.4, 0.5) is 0 Å². The van der Waals surface area contributed by atoms with Gasteiger partial charge in [-0.3, -0.25) is 0 Å². The van der Waals surface area contributed by atoms with Crippen molar-refractivity contribution in [2.24, 2.45) is 0 Å². The van der Waals surface area contributed by atoms with Crippen molar-refractivity contribution in [2.45, 2.75) is 17.9 Å². The van der Waals surface area contributed by atoms with Crippen molar-refractivity contribution >= 4 is 21.8 Å². The lowest BCUT2D eigenvalue weighted by Crippen LogP contribution is -2.44. The molecule has 1 atom stereocenters. The van der Waals surface area contributed by atoms with E-state index in [1.165, 1.54) is 16.4 Å². The molecule has 0 spiro atoms. The van der Waals surface area contributed by atoms with Crippen LogP contribution in [-0.4, -0.2) is 41.9 Å². The van der Waals surface area contributed by atoms with Crippen molar-refractivity contribution in [2.75, 3.05) is 18.1 Å². The molecule has 0 saturated carbocycles. The summed E-state index contributed by atoms with van der Waals surface area (Å²) >= 11 is 1.75. The SMILES string of the molecule is CC1CSCCN1S(=O)(=O)c1ccccc1O. The largest absolute Gasteiger partial charge is 0.507 e. The molecule has 1 heterocycles. The van der Waals surface area contributed by atoms with Crippen LogP contribution in [0.25, 0.3) is 0 Å². The van der Waals surface area contributed by atoms with E-state index in [1.54, 1.807) is 23.9 Å². The minimum absolute atomic E-state index is 0.00116. The van der Waals surface area contributed by atoms with Gasteiger partial charge in [-0.15, -0.1) is 0 Å². The van der Waals surface area contributed by atoms with E-state index in [0.717, 1.165) is 11.5 Å². The van der Waals surface area contributed by atoms with Crippen molar-refractivity contribution in [1.29, 1.82) is 0 Å². The molecule has 2 rings (SSSR count). The Kier molecular flexibility index (Phi) is 3.65. The number of benzene rings is 1. The number of nitrogens with zero attached hydrogens (tertiary/aromatic N) is 1. The molecule has 0 bridgehead atoms. The van der Waals surface area contributed by atoms with Crippen LogP contribution in [0.5, 0.6) is 5.75 Å². The molecule has 6 heteroatoms. The fraction of sp³-hybridized carbons (Fsp3) is 0.455. The highest BCUT2D eigenvalue weighted by molar-refractivity contribution is 7.99. The van der Waals surface area contributed by atoms with Gasteiger partial charge in [-0.2, -0.15) is 16.1 Å². The predicted molar refractivity (Wildman–Crippen MR) is 68.8 cm³/mol. The van der Waals surface area contributed by atoms with Gasteiger partial charge in [-0.1, -0.05) is 12.1 Å². The first-order valence-corrected chi connectivity index (χ1v) is 8.00. The highest BCUT2D eigenvalue weighted by Gasteiger charge is 2.32. The van der Waals surface area contributed by atoms with E-state index in [-0.39, 0.29) is 16.7 Å². The topological polar surface area (TPSA) is 57.6 Å². The molecule has 1 aliphatic rings. The molecule has 1 saturated heterocycles. The summed E-state index contributed by atoms with van der Waals surface area (Å²) in [5.74, 6) is 1.42. The molecule has 1 fully saturated rings. The van der Waals surface area contributed by atoms with E-state index < -0.39 is 10.0 Å². The molecule has 0 aliphatic carbocycles. The molecule has 0 amide bonds. The maximum absolute atomic E-state index is 12.4. The standard InChI is InChI=1S/C11H15NO3S2/c1-9-8-16-7-6-12(9)17(14,15)11-5-3-2-4-10(11)13/h2-5,9,13H,6-8H2,1H3. The third kappa shape index (κ3) is 2.43. The number of hydrogen-bond acceptors (Lipinski definition) is 4. The lowest BCUT2D eigenvalue weighted by atomic mass is 10.3. The zero-order valence-corrected chi connectivity index (χ0v) is 11.2. The highest BCUT2D eigenvalue weighted by Crippen LogP contribution is 2.29. The monoisotopic (exact) mass is 273 g/mol. The summed E-state index contributed by atoms with van der Waals surface area (Å²) in [5.41, 5.74) is 0. The van der Waals surface area contributed by atoms with Crippen molar-refractivity contribution in [1.82, 2.24) is 4.31 Å². The fourth-order valence-electron chi connectivity index (χ4n) is 1.87. The van der Waals surface area contributed by atoms with Crippen LogP contribution in [0.2, 0.25) is 0 Å². The summed E-state index contributed by atoms with van der Waals surface area (Å²) in [4.78, 5) is -0.00116. The molecule has 17 heavy (non-hydrogen) atoms. The van der Waals surface area contributed by atoms with Crippen LogP contribution in [-0.2, 0) is 10.0 Å². The minimum atomic E-state index is -3.57. The number of hydrogen-bond donors (Lipinski definition) is 1. The molecule has 1 aromatic carbocycles. The number of rotatable bonds is 2. The Hall–Kier alpha value is -0.720. The van der Waals surface area contributed by atoms with Gasteiger partial charge in [0.2, 0.25) is 10.0 Å². The molecule has 1 unspecified atom stereocenters. The molecule has 0 aromatic heterocycles. The normalized spacial score (nSPS) is 22.5. The van der Waals surface area contributed by atoms with E-state index in [9.17, 15) is 13.5 Å². The van der Waals surface area contributed by atoms with Crippen LogP contribution >= 0.6 is 11.8 Å². The average Bonchev–Trinajstić information content (AvgIpc) is 2.29. The Morgan fingerprint density at radius 2 is 2.12 bits per heavy atom. The lowest BCUT2D eigenvalue weighted by molar-refractivity contribution is 0.364. The molecule has 0 radical (unpaired) electrons. The highest BCUT2D eigenvalue weighted by atomic mass is 32.2. The van der Waals surface area contributed by atoms with Crippen molar-refractivity contribution < 1.29 is 13.5 Å². The minimum Gasteiger partial charge on any atom is -0.507 e. The third-order valence-electron chi connectivity index (χ3n) is 2.76. The van der Waals surface area contributed by atoms with Gasteiger partial charge >= 0.3 is 0 Å². The molecular formula is C11H15NO3S2. The number of aromatic hydroxyl groups is 1. The zero-order valence-electron chi connectivity index (χ0n) is 9.54. The van der Waals surface area contributed by atoms with Gasteiger partial charge in [-0.25, -0.2) is 8.42 Å². The van der Waals surface area contributed by atoms with Gasteiger partial charge in [0.15, 0.2) is 0 Å². The maximum atomic E-state index is 12.4. The van der Waals surface area contributed by atoms with Gasteiger partial charge in [0, 0.05) is 24.1 Å². The second-order valence-corrected chi connectivity index (χ2v) is 7.02. The zero-order chi connectivity index (χ0) is 12.5. The lowest BCUT2D eigenvalue weighted by Gasteiger charge is -2.32. The third-order valence-corrected chi connectivity index (χ3v) is 6.01. The first-order valence-electron chi connectivity index (χ1n) is 5.41. The Morgan fingerprint density at radius 3 is 2.76 bits per heavy atom. The summed E-state index contributed by atoms with van der Waals surface area (Å²) < 4.78 is 26.2. The molecule has 1 aromatic rings. The van der Waals surface area contributed by atoms with Crippen LogP contribution in [0.15, 0.2) is 29.2 Å². The Morgan fingerprint density at radius 1 is 1.41 bits per heavy atom. The summed E-state index contributed by atoms with van der Waals surface area (Å²) in [6.45, 7) is 2.40. The predicted octanol–water partition coefficient (Wildman–Crippen LogP) is 1.52. The van der Waals surface area contributed by atoms with Crippen molar-refractivity contribution in [3.63, 3.8) is 0 Å². The molecule has 1 aliphatic heterocycles. The molecule has 1 N–H and O–H groups in total. The van der Waals surface area contributed by atoms with E-state index in [4.69, 9.17) is 0 Å². The van der Waals surface area contributed by atoms with Crippen LogP contribution in [0, 0.1) is 0 Å². The number of sulfonamides is 1. The van der Waals surface area contributed by atoms with Crippen molar-refractivity contribution in [3.05, 3.63) is 24.3 Å². The number of phenolic OH excluding ortho intramolecular Hbond substituents is 1. The quantitative estimate of drug-likeness (QED) is 0.887. The van der Waals surface area contributed by atoms with Crippen LogP contribution in [0.3, 0.4) is 0 Å². The van der Waals surface area contributed by atoms with Crippen LogP contribution < -0.4 is 0 Å². The molecule has 4 nitrogen and oxygen atoms in total. The van der Waals surface area contributed by atoms with Gasteiger partial charge < -0.3 is 5.11 Å². The van der Waals surface area contributed by atoms with Gasteiger partial charge in [0.05, 0.1) is 0 Å². The summed E-state index contributed by atoms with van der Waals surface area (Å²) in [6, 6.07) is 6.05. The Bertz CT molecular complexity index is 501. The van der Waals surface area contributed by atoms with E-state index in [0.29, 0.717) is 6.54 Å². The second kappa shape index (κ2) is 4.88. The van der Waals surface area contributed by atoms with Gasteiger partial charge in [0.25, 0.3) is 0 Å². The second-order valence-electron chi connectivity index (χ2n) is 4.01. The fourth-order valence-corrected chi connectivity index (χ4v) is 4.81. The summed E-state index contributed by atoms with van der Waals surface area (Å²) in [6.07, 6.45) is 0. The molecular weight excluding hydrogens is 258 g/mol. The van der Waals surface area contributed by atoms with Crippen LogP contribution in [0.1, 0.15) is 6.92 Å². The Labute approximate surface area is 106 Å². The summed E-state index contributed by atoms with van der Waals surface area (Å²) in [7, 11) is -3.57. The number of thioether (sulfide) groups is 1. The van der Waals surface area contributed by atoms with Gasteiger partial charge in [0.1, 0.15) is 10.6 Å². The van der Waals surface area contributed by atoms with E-state index in [1.807, 2.05) is 6.92 Å². The van der Waals surface area contributed by atoms with Crippen molar-refractivity contribution in [3.8, 4) is 5.75 Å². The summed E-state index contributed by atoms with van der Waals surface area (Å²) in [5, 5.41) is 9.65. The van der Waals surface area contributed by atoms with E-state index >= 15 is 0 Å². The average molecular weight is 273 g/mol. The Balaban J connectivity index is 2.39. The van der Waals surface area contributed by atoms with E-state index in [2.05, 4.69) is 0 Å². The smallest absolute Gasteiger partial charge is 0.247 e. The van der Waals surface area contributed by atoms with Gasteiger partial charge in [-0.05, 0) is 19.1 Å².